The van der Waals surface area contributed by atoms with Crippen molar-refractivity contribution in [3.05, 3.63) is 11.3 Å². The number of aliphatic hydroxyl groups excluding tert-OH is 1. The molecular weight excluding hydrogens is 156 g/mol. The van der Waals surface area contributed by atoms with Crippen LogP contribution in [-0.4, -0.2) is 28.6 Å². The molecule has 1 aromatic rings. The lowest BCUT2D eigenvalue weighted by atomic mass is 10.3. The molecule has 0 bridgehead atoms. The van der Waals surface area contributed by atoms with Crippen molar-refractivity contribution >= 4 is 0 Å². The molecular formula is C8H14N2O2. The van der Waals surface area contributed by atoms with Crippen molar-refractivity contribution in [3.8, 4) is 5.88 Å². The highest BCUT2D eigenvalue weighted by atomic mass is 16.5. The Balaban J connectivity index is 2.98. The maximum atomic E-state index is 8.72. The molecule has 4 nitrogen and oxygen atoms in total. The molecule has 68 valence electrons. The van der Waals surface area contributed by atoms with E-state index in [-0.39, 0.29) is 6.61 Å². The lowest BCUT2D eigenvalue weighted by molar-refractivity contribution is 0.266. The molecule has 0 radical (unpaired) electrons. The summed E-state index contributed by atoms with van der Waals surface area (Å²) in [6.45, 7) is 4.54. The molecule has 0 amide bonds. The van der Waals surface area contributed by atoms with Crippen LogP contribution in [0.1, 0.15) is 11.3 Å². The summed E-state index contributed by atoms with van der Waals surface area (Å²) in [7, 11) is 1.60. The van der Waals surface area contributed by atoms with Crippen molar-refractivity contribution in [2.75, 3.05) is 13.7 Å². The number of hydrogen-bond donors (Lipinski definition) is 1. The summed E-state index contributed by atoms with van der Waals surface area (Å²) in [4.78, 5) is 0. The monoisotopic (exact) mass is 170 g/mol. The average molecular weight is 170 g/mol. The van der Waals surface area contributed by atoms with Gasteiger partial charge in [0.2, 0.25) is 5.88 Å². The van der Waals surface area contributed by atoms with Gasteiger partial charge in [-0.2, -0.15) is 0 Å². The van der Waals surface area contributed by atoms with Crippen molar-refractivity contribution in [1.82, 2.24) is 9.78 Å². The fraction of sp³-hybridized carbons (Fsp3) is 0.625. The second-order valence-corrected chi connectivity index (χ2v) is 2.67. The molecule has 0 saturated carbocycles. The van der Waals surface area contributed by atoms with Gasteiger partial charge in [-0.25, -0.2) is 0 Å². The number of rotatable bonds is 3. The summed E-state index contributed by atoms with van der Waals surface area (Å²) in [6, 6.07) is 0. The van der Waals surface area contributed by atoms with Crippen LogP contribution in [0.15, 0.2) is 0 Å². The largest absolute Gasteiger partial charge is 0.480 e. The predicted molar refractivity (Wildman–Crippen MR) is 45.3 cm³/mol. The van der Waals surface area contributed by atoms with Gasteiger partial charge in [0.1, 0.15) is 0 Å². The van der Waals surface area contributed by atoms with Gasteiger partial charge in [0, 0.05) is 11.3 Å². The first-order valence-electron chi connectivity index (χ1n) is 3.89. The van der Waals surface area contributed by atoms with Gasteiger partial charge >= 0.3 is 0 Å². The minimum atomic E-state index is 0.102. The van der Waals surface area contributed by atoms with E-state index in [0.717, 1.165) is 11.3 Å². The molecule has 0 saturated heterocycles. The molecule has 1 rings (SSSR count). The molecule has 0 atom stereocenters. The molecule has 4 heteroatoms. The second-order valence-electron chi connectivity index (χ2n) is 2.67. The number of ether oxygens (including phenoxy) is 1. The highest BCUT2D eigenvalue weighted by Crippen LogP contribution is 2.18. The molecule has 0 aliphatic rings. The molecule has 0 fully saturated rings. The summed E-state index contributed by atoms with van der Waals surface area (Å²) < 4.78 is 6.78. The van der Waals surface area contributed by atoms with Crippen molar-refractivity contribution in [2.45, 2.75) is 20.4 Å². The van der Waals surface area contributed by atoms with Crippen molar-refractivity contribution < 1.29 is 9.84 Å². The average Bonchev–Trinajstić information content (AvgIpc) is 2.33. The summed E-state index contributed by atoms with van der Waals surface area (Å²) in [6.07, 6.45) is 0. The van der Waals surface area contributed by atoms with E-state index in [4.69, 9.17) is 9.84 Å². The van der Waals surface area contributed by atoms with Crippen LogP contribution in [0.2, 0.25) is 0 Å². The van der Waals surface area contributed by atoms with Gasteiger partial charge in [-0.15, -0.1) is 5.10 Å². The summed E-state index contributed by atoms with van der Waals surface area (Å²) in [5.74, 6) is 0.640. The Bertz CT molecular complexity index is 268. The van der Waals surface area contributed by atoms with Gasteiger partial charge in [0.15, 0.2) is 0 Å². The van der Waals surface area contributed by atoms with E-state index in [1.807, 2.05) is 13.8 Å². The van der Waals surface area contributed by atoms with Crippen LogP contribution in [0, 0.1) is 13.8 Å². The third kappa shape index (κ3) is 1.43. The molecule has 0 aliphatic heterocycles. The molecule has 12 heavy (non-hydrogen) atoms. The summed E-state index contributed by atoms with van der Waals surface area (Å²) >= 11 is 0. The van der Waals surface area contributed by atoms with Gasteiger partial charge < -0.3 is 9.84 Å². The smallest absolute Gasteiger partial charge is 0.235 e. The van der Waals surface area contributed by atoms with Crippen LogP contribution < -0.4 is 4.74 Å². The van der Waals surface area contributed by atoms with Crippen molar-refractivity contribution in [1.29, 1.82) is 0 Å². The van der Waals surface area contributed by atoms with E-state index >= 15 is 0 Å². The third-order valence-electron chi connectivity index (χ3n) is 1.97. The maximum absolute atomic E-state index is 8.72. The first kappa shape index (κ1) is 9.06. The Morgan fingerprint density at radius 1 is 1.50 bits per heavy atom. The van der Waals surface area contributed by atoms with Gasteiger partial charge in [-0.3, -0.25) is 4.68 Å². The minimum Gasteiger partial charge on any atom is -0.480 e. The molecule has 1 N–H and O–H groups in total. The van der Waals surface area contributed by atoms with Crippen molar-refractivity contribution in [2.24, 2.45) is 0 Å². The van der Waals surface area contributed by atoms with Crippen LogP contribution >= 0.6 is 0 Å². The Labute approximate surface area is 71.8 Å². The fourth-order valence-corrected chi connectivity index (χ4v) is 1.11. The van der Waals surface area contributed by atoms with E-state index in [9.17, 15) is 0 Å². The highest BCUT2D eigenvalue weighted by molar-refractivity contribution is 5.28. The standard InChI is InChI=1S/C8H14N2O2/c1-6-7(2)10(4-5-11)9-8(6)12-3/h11H,4-5H2,1-3H3. The minimum absolute atomic E-state index is 0.102. The summed E-state index contributed by atoms with van der Waals surface area (Å²) in [5, 5.41) is 12.9. The molecule has 1 heterocycles. The first-order chi connectivity index (χ1) is 5.70. The normalized spacial score (nSPS) is 10.3. The van der Waals surface area contributed by atoms with Crippen LogP contribution in [-0.2, 0) is 6.54 Å². The zero-order valence-corrected chi connectivity index (χ0v) is 7.66. The maximum Gasteiger partial charge on any atom is 0.235 e. The number of methoxy groups -OCH3 is 1. The molecule has 0 spiro atoms. The highest BCUT2D eigenvalue weighted by Gasteiger charge is 2.09. The molecule has 0 unspecified atom stereocenters. The molecule has 0 aromatic carbocycles. The van der Waals surface area contributed by atoms with Crippen LogP contribution in [0.5, 0.6) is 5.88 Å². The Kier molecular flexibility index (Phi) is 2.70. The first-order valence-corrected chi connectivity index (χ1v) is 3.89. The van der Waals surface area contributed by atoms with E-state index < -0.39 is 0 Å². The lowest BCUT2D eigenvalue weighted by Crippen LogP contribution is -2.05. The SMILES string of the molecule is COc1nn(CCO)c(C)c1C. The van der Waals surface area contributed by atoms with Gasteiger partial charge in [-0.05, 0) is 13.8 Å². The topological polar surface area (TPSA) is 47.3 Å². The van der Waals surface area contributed by atoms with Crippen LogP contribution in [0.4, 0.5) is 0 Å². The van der Waals surface area contributed by atoms with Gasteiger partial charge in [-0.1, -0.05) is 0 Å². The lowest BCUT2D eigenvalue weighted by Gasteiger charge is -1.99. The van der Waals surface area contributed by atoms with Crippen molar-refractivity contribution in [3.63, 3.8) is 0 Å². The number of aromatic nitrogens is 2. The number of nitrogens with zero attached hydrogens (tertiary/aromatic N) is 2. The Morgan fingerprint density at radius 2 is 2.17 bits per heavy atom. The Hall–Kier alpha value is -1.03. The fourth-order valence-electron chi connectivity index (χ4n) is 1.11. The van der Waals surface area contributed by atoms with Gasteiger partial charge in [0.25, 0.3) is 0 Å². The number of aliphatic hydroxyl groups is 1. The summed E-state index contributed by atoms with van der Waals surface area (Å²) in [5.41, 5.74) is 2.08. The number of hydrogen-bond acceptors (Lipinski definition) is 3. The van der Waals surface area contributed by atoms with Crippen LogP contribution in [0.25, 0.3) is 0 Å². The Morgan fingerprint density at radius 3 is 2.58 bits per heavy atom. The third-order valence-corrected chi connectivity index (χ3v) is 1.97. The van der Waals surface area contributed by atoms with Gasteiger partial charge in [0.05, 0.1) is 20.3 Å². The molecule has 1 aromatic heterocycles. The van der Waals surface area contributed by atoms with E-state index in [0.29, 0.717) is 12.4 Å². The second kappa shape index (κ2) is 3.58. The molecule has 0 aliphatic carbocycles. The predicted octanol–water partition coefficient (Wildman–Crippen LogP) is 0.501. The zero-order chi connectivity index (χ0) is 9.14. The zero-order valence-electron chi connectivity index (χ0n) is 7.66. The van der Waals surface area contributed by atoms with E-state index in [1.165, 1.54) is 0 Å². The van der Waals surface area contributed by atoms with E-state index in [1.54, 1.807) is 11.8 Å². The van der Waals surface area contributed by atoms with E-state index in [2.05, 4.69) is 5.10 Å². The van der Waals surface area contributed by atoms with Crippen LogP contribution in [0.3, 0.4) is 0 Å². The quantitative estimate of drug-likeness (QED) is 0.718.